The molecular formula is C11H13N5O2. The Morgan fingerprint density at radius 2 is 2.28 bits per heavy atom. The van der Waals surface area contributed by atoms with Crippen LogP contribution >= 0.6 is 0 Å². The lowest BCUT2D eigenvalue weighted by atomic mass is 10.2. The van der Waals surface area contributed by atoms with Gasteiger partial charge in [-0.05, 0) is 25.1 Å². The number of nitrogen functional groups attached to an aromatic ring is 1. The van der Waals surface area contributed by atoms with Gasteiger partial charge in [-0.2, -0.15) is 5.10 Å². The molecule has 7 nitrogen and oxygen atoms in total. The summed E-state index contributed by atoms with van der Waals surface area (Å²) in [7, 11) is 1.52. The first kappa shape index (κ1) is 12.1. The molecule has 0 atom stereocenters. The van der Waals surface area contributed by atoms with Crippen molar-refractivity contribution in [3.63, 3.8) is 0 Å². The van der Waals surface area contributed by atoms with E-state index in [4.69, 9.17) is 10.6 Å². The van der Waals surface area contributed by atoms with E-state index in [1.54, 1.807) is 36.1 Å². The first-order valence-corrected chi connectivity index (χ1v) is 5.23. The van der Waals surface area contributed by atoms with Crippen LogP contribution in [0, 0.1) is 6.92 Å². The van der Waals surface area contributed by atoms with Crippen molar-refractivity contribution in [3.8, 4) is 11.4 Å². The van der Waals surface area contributed by atoms with Gasteiger partial charge in [0.25, 0.3) is 5.91 Å². The van der Waals surface area contributed by atoms with Crippen LogP contribution in [0.2, 0.25) is 0 Å². The SMILES string of the molecule is COc1cc(C(=O)NN)ccc1-n1cnc(C)n1. The normalized spacial score (nSPS) is 10.2. The molecule has 1 aromatic heterocycles. The number of benzene rings is 1. The predicted molar refractivity (Wildman–Crippen MR) is 64.3 cm³/mol. The van der Waals surface area contributed by atoms with Gasteiger partial charge in [-0.1, -0.05) is 0 Å². The van der Waals surface area contributed by atoms with E-state index >= 15 is 0 Å². The van der Waals surface area contributed by atoms with Gasteiger partial charge in [0.05, 0.1) is 7.11 Å². The number of nitrogens with one attached hydrogen (secondary N) is 1. The van der Waals surface area contributed by atoms with Crippen LogP contribution in [0.15, 0.2) is 24.5 Å². The number of hydrazine groups is 1. The fraction of sp³-hybridized carbons (Fsp3) is 0.182. The van der Waals surface area contributed by atoms with Gasteiger partial charge in [0, 0.05) is 5.56 Å². The quantitative estimate of drug-likeness (QED) is 0.458. The molecule has 0 spiro atoms. The number of nitrogens with two attached hydrogens (primary N) is 1. The number of aromatic nitrogens is 3. The van der Waals surface area contributed by atoms with Crippen LogP contribution in [0.25, 0.3) is 5.69 Å². The zero-order valence-corrected chi connectivity index (χ0v) is 10.0. The van der Waals surface area contributed by atoms with Crippen LogP contribution in [0.3, 0.4) is 0 Å². The van der Waals surface area contributed by atoms with Crippen LogP contribution in [0.1, 0.15) is 16.2 Å². The molecule has 0 aliphatic rings. The summed E-state index contributed by atoms with van der Waals surface area (Å²) in [6, 6.07) is 4.95. The maximum Gasteiger partial charge on any atom is 0.265 e. The molecule has 0 saturated heterocycles. The van der Waals surface area contributed by atoms with Gasteiger partial charge in [-0.3, -0.25) is 10.2 Å². The van der Waals surface area contributed by atoms with Crippen molar-refractivity contribution >= 4 is 5.91 Å². The van der Waals surface area contributed by atoms with Crippen LogP contribution in [-0.4, -0.2) is 27.8 Å². The minimum absolute atomic E-state index is 0.380. The Balaban J connectivity index is 2.46. The highest BCUT2D eigenvalue weighted by molar-refractivity contribution is 5.94. The molecule has 1 aromatic carbocycles. The Morgan fingerprint density at radius 1 is 1.50 bits per heavy atom. The summed E-state index contributed by atoms with van der Waals surface area (Å²) in [5.41, 5.74) is 3.18. The lowest BCUT2D eigenvalue weighted by molar-refractivity contribution is 0.0953. The number of hydrogen-bond acceptors (Lipinski definition) is 5. The van der Waals surface area contributed by atoms with E-state index in [-0.39, 0.29) is 5.91 Å². The van der Waals surface area contributed by atoms with Gasteiger partial charge in [-0.25, -0.2) is 15.5 Å². The number of methoxy groups -OCH3 is 1. The Labute approximate surface area is 104 Å². The summed E-state index contributed by atoms with van der Waals surface area (Å²) < 4.78 is 6.82. The third kappa shape index (κ3) is 2.16. The van der Waals surface area contributed by atoms with E-state index < -0.39 is 0 Å². The van der Waals surface area contributed by atoms with Crippen molar-refractivity contribution in [3.05, 3.63) is 35.9 Å². The minimum atomic E-state index is -0.380. The highest BCUT2D eigenvalue weighted by Crippen LogP contribution is 2.23. The van der Waals surface area contributed by atoms with Gasteiger partial charge in [-0.15, -0.1) is 0 Å². The summed E-state index contributed by atoms with van der Waals surface area (Å²) in [6.45, 7) is 1.79. The Kier molecular flexibility index (Phi) is 3.24. The first-order valence-electron chi connectivity index (χ1n) is 5.23. The van der Waals surface area contributed by atoms with Crippen LogP contribution < -0.4 is 16.0 Å². The fourth-order valence-electron chi connectivity index (χ4n) is 1.55. The topological polar surface area (TPSA) is 95.1 Å². The molecule has 0 bridgehead atoms. The molecule has 18 heavy (non-hydrogen) atoms. The Morgan fingerprint density at radius 3 is 2.83 bits per heavy atom. The van der Waals surface area contributed by atoms with Crippen molar-refractivity contribution in [2.75, 3.05) is 7.11 Å². The number of nitrogens with zero attached hydrogens (tertiary/aromatic N) is 3. The van der Waals surface area contributed by atoms with Crippen molar-refractivity contribution < 1.29 is 9.53 Å². The summed E-state index contributed by atoms with van der Waals surface area (Å²) in [6.07, 6.45) is 1.58. The minimum Gasteiger partial charge on any atom is -0.494 e. The fourth-order valence-corrected chi connectivity index (χ4v) is 1.55. The molecule has 3 N–H and O–H groups in total. The van der Waals surface area contributed by atoms with E-state index in [9.17, 15) is 4.79 Å². The molecule has 0 aliphatic carbocycles. The molecule has 0 radical (unpaired) electrons. The van der Waals surface area contributed by atoms with E-state index in [1.165, 1.54) is 7.11 Å². The van der Waals surface area contributed by atoms with Crippen molar-refractivity contribution in [1.82, 2.24) is 20.2 Å². The highest BCUT2D eigenvalue weighted by Gasteiger charge is 2.11. The number of hydrogen-bond donors (Lipinski definition) is 2. The van der Waals surface area contributed by atoms with Gasteiger partial charge in [0.2, 0.25) is 0 Å². The molecule has 94 valence electrons. The highest BCUT2D eigenvalue weighted by atomic mass is 16.5. The second-order valence-electron chi connectivity index (χ2n) is 3.60. The van der Waals surface area contributed by atoms with Gasteiger partial charge in [0.1, 0.15) is 23.6 Å². The van der Waals surface area contributed by atoms with Gasteiger partial charge < -0.3 is 4.74 Å². The molecule has 0 saturated carbocycles. The maximum absolute atomic E-state index is 11.4. The summed E-state index contributed by atoms with van der Waals surface area (Å²) in [5, 5.41) is 4.18. The van der Waals surface area contributed by atoms with E-state index in [0.29, 0.717) is 22.8 Å². The summed E-state index contributed by atoms with van der Waals surface area (Å²) >= 11 is 0. The Bertz CT molecular complexity index is 579. The molecule has 0 fully saturated rings. The van der Waals surface area contributed by atoms with Crippen LogP contribution in [0.4, 0.5) is 0 Å². The monoisotopic (exact) mass is 247 g/mol. The third-order valence-corrected chi connectivity index (χ3v) is 2.43. The number of amides is 1. The average molecular weight is 247 g/mol. The van der Waals surface area contributed by atoms with Gasteiger partial charge >= 0.3 is 0 Å². The second kappa shape index (κ2) is 4.84. The lowest BCUT2D eigenvalue weighted by Gasteiger charge is -2.09. The molecule has 1 amide bonds. The number of carbonyl (C=O) groups is 1. The van der Waals surface area contributed by atoms with E-state index in [2.05, 4.69) is 15.5 Å². The summed E-state index contributed by atoms with van der Waals surface area (Å²) in [5.74, 6) is 5.87. The van der Waals surface area contributed by atoms with E-state index in [0.717, 1.165) is 0 Å². The number of carbonyl (C=O) groups excluding carboxylic acids is 1. The molecule has 1 heterocycles. The van der Waals surface area contributed by atoms with Gasteiger partial charge in [0.15, 0.2) is 0 Å². The maximum atomic E-state index is 11.4. The predicted octanol–water partition coefficient (Wildman–Crippen LogP) is 0.188. The van der Waals surface area contributed by atoms with Crippen molar-refractivity contribution in [1.29, 1.82) is 0 Å². The zero-order chi connectivity index (χ0) is 13.1. The molecule has 0 aliphatic heterocycles. The van der Waals surface area contributed by atoms with Crippen molar-refractivity contribution in [2.45, 2.75) is 6.92 Å². The lowest BCUT2D eigenvalue weighted by Crippen LogP contribution is -2.29. The number of ether oxygens (including phenoxy) is 1. The molecule has 7 heteroatoms. The standard InChI is InChI=1S/C11H13N5O2/c1-7-13-6-16(15-7)9-4-3-8(11(17)14-12)5-10(9)18-2/h3-6H,12H2,1-2H3,(H,14,17). The molecule has 2 aromatic rings. The van der Waals surface area contributed by atoms with E-state index in [1.807, 2.05) is 0 Å². The summed E-state index contributed by atoms with van der Waals surface area (Å²) in [4.78, 5) is 15.4. The van der Waals surface area contributed by atoms with Crippen molar-refractivity contribution in [2.24, 2.45) is 5.84 Å². The Hall–Kier alpha value is -2.41. The first-order chi connectivity index (χ1) is 8.65. The van der Waals surface area contributed by atoms with Crippen LogP contribution in [0.5, 0.6) is 5.75 Å². The molecular weight excluding hydrogens is 234 g/mol. The third-order valence-electron chi connectivity index (χ3n) is 2.43. The largest absolute Gasteiger partial charge is 0.494 e. The number of rotatable bonds is 3. The van der Waals surface area contributed by atoms with Crippen LogP contribution in [-0.2, 0) is 0 Å². The smallest absolute Gasteiger partial charge is 0.265 e. The average Bonchev–Trinajstić information content (AvgIpc) is 2.83. The number of aryl methyl sites for hydroxylation is 1. The second-order valence-corrected chi connectivity index (χ2v) is 3.60. The zero-order valence-electron chi connectivity index (χ0n) is 10.0. The molecule has 0 unspecified atom stereocenters. The molecule has 2 rings (SSSR count).